The van der Waals surface area contributed by atoms with Crippen LogP contribution in [-0.4, -0.2) is 55.7 Å². The second-order valence-electron chi connectivity index (χ2n) is 7.91. The van der Waals surface area contributed by atoms with Crippen LogP contribution in [0, 0.1) is 6.92 Å². The molecule has 1 aliphatic heterocycles. The predicted molar refractivity (Wildman–Crippen MR) is 122 cm³/mol. The Morgan fingerprint density at radius 1 is 1.03 bits per heavy atom. The maximum absolute atomic E-state index is 13.1. The summed E-state index contributed by atoms with van der Waals surface area (Å²) in [5, 5.41) is 0. The number of nitrogens with zero attached hydrogens (tertiary/aromatic N) is 2. The van der Waals surface area contributed by atoms with Crippen LogP contribution in [0.1, 0.15) is 47.7 Å². The molecule has 32 heavy (non-hydrogen) atoms. The third-order valence-corrected chi connectivity index (χ3v) is 7.67. The van der Waals surface area contributed by atoms with Gasteiger partial charge in [0.2, 0.25) is 10.0 Å². The van der Waals surface area contributed by atoms with E-state index in [1.807, 2.05) is 37.3 Å². The molecule has 0 unspecified atom stereocenters. The van der Waals surface area contributed by atoms with Gasteiger partial charge in [-0.3, -0.25) is 4.79 Å². The van der Waals surface area contributed by atoms with Gasteiger partial charge in [-0.2, -0.15) is 4.31 Å². The Balaban J connectivity index is 1.67. The van der Waals surface area contributed by atoms with Crippen molar-refractivity contribution in [1.29, 1.82) is 0 Å². The molecule has 0 bridgehead atoms. The summed E-state index contributed by atoms with van der Waals surface area (Å²) < 4.78 is 32.8. The van der Waals surface area contributed by atoms with E-state index in [0.29, 0.717) is 31.7 Å². The maximum atomic E-state index is 13.1. The molecule has 1 heterocycles. The standard InChI is InChI=1S/C24H30N2O5S/c1-3-25(17-20-10-6-4-7-11-20)23(27)18-31-24(28)21-13-12-19(2)22(16-21)32(29,30)26-14-8-5-9-15-26/h4,6-7,10-13,16H,3,5,8-9,14-15,17-18H2,1-2H3. The number of hydrogen-bond donors (Lipinski definition) is 0. The van der Waals surface area contributed by atoms with Crippen molar-refractivity contribution in [3.8, 4) is 0 Å². The first-order chi connectivity index (χ1) is 15.3. The quantitative estimate of drug-likeness (QED) is 0.567. The van der Waals surface area contributed by atoms with Gasteiger partial charge in [0, 0.05) is 26.2 Å². The minimum atomic E-state index is -3.68. The smallest absolute Gasteiger partial charge is 0.338 e. The third-order valence-electron chi connectivity index (χ3n) is 5.63. The summed E-state index contributed by atoms with van der Waals surface area (Å²) in [4.78, 5) is 26.8. The van der Waals surface area contributed by atoms with Gasteiger partial charge < -0.3 is 9.64 Å². The lowest BCUT2D eigenvalue weighted by atomic mass is 10.1. The zero-order valence-corrected chi connectivity index (χ0v) is 19.4. The number of sulfonamides is 1. The van der Waals surface area contributed by atoms with E-state index in [1.165, 1.54) is 16.4 Å². The van der Waals surface area contributed by atoms with E-state index in [0.717, 1.165) is 24.8 Å². The molecule has 0 atom stereocenters. The van der Waals surface area contributed by atoms with E-state index in [-0.39, 0.29) is 16.4 Å². The van der Waals surface area contributed by atoms with Gasteiger partial charge in [0.05, 0.1) is 10.5 Å². The maximum Gasteiger partial charge on any atom is 0.338 e. The Kier molecular flexibility index (Phi) is 8.04. The minimum Gasteiger partial charge on any atom is -0.452 e. The largest absolute Gasteiger partial charge is 0.452 e. The molecule has 7 nitrogen and oxygen atoms in total. The number of carbonyl (C=O) groups excluding carboxylic acids is 2. The van der Waals surface area contributed by atoms with Gasteiger partial charge in [-0.15, -0.1) is 0 Å². The van der Waals surface area contributed by atoms with Crippen molar-refractivity contribution in [3.05, 3.63) is 65.2 Å². The molecule has 0 radical (unpaired) electrons. The zero-order chi connectivity index (χ0) is 23.1. The third kappa shape index (κ3) is 5.75. The average Bonchev–Trinajstić information content (AvgIpc) is 2.82. The van der Waals surface area contributed by atoms with Gasteiger partial charge in [0.15, 0.2) is 6.61 Å². The van der Waals surface area contributed by atoms with E-state index in [4.69, 9.17) is 4.74 Å². The molecular formula is C24H30N2O5S. The topological polar surface area (TPSA) is 84.0 Å². The average molecular weight is 459 g/mol. The number of aryl methyl sites for hydroxylation is 1. The van der Waals surface area contributed by atoms with E-state index in [2.05, 4.69) is 0 Å². The monoisotopic (exact) mass is 458 g/mol. The fourth-order valence-electron chi connectivity index (χ4n) is 3.73. The Morgan fingerprint density at radius 3 is 2.38 bits per heavy atom. The van der Waals surface area contributed by atoms with Gasteiger partial charge >= 0.3 is 5.97 Å². The summed E-state index contributed by atoms with van der Waals surface area (Å²) in [5.74, 6) is -1.03. The summed E-state index contributed by atoms with van der Waals surface area (Å²) in [5.41, 5.74) is 1.67. The molecule has 1 aliphatic rings. The summed E-state index contributed by atoms with van der Waals surface area (Å²) in [6.07, 6.45) is 2.68. The van der Waals surface area contributed by atoms with Crippen LogP contribution < -0.4 is 0 Å². The minimum absolute atomic E-state index is 0.111. The molecule has 0 saturated carbocycles. The van der Waals surface area contributed by atoms with Crippen molar-refractivity contribution in [3.63, 3.8) is 0 Å². The molecule has 1 fully saturated rings. The lowest BCUT2D eigenvalue weighted by molar-refractivity contribution is -0.134. The zero-order valence-electron chi connectivity index (χ0n) is 18.6. The Morgan fingerprint density at radius 2 is 1.72 bits per heavy atom. The first-order valence-corrected chi connectivity index (χ1v) is 12.4. The molecule has 0 spiro atoms. The van der Waals surface area contributed by atoms with Crippen LogP contribution in [-0.2, 0) is 26.1 Å². The van der Waals surface area contributed by atoms with Crippen LogP contribution in [0.5, 0.6) is 0 Å². The summed E-state index contributed by atoms with van der Waals surface area (Å²) >= 11 is 0. The van der Waals surface area contributed by atoms with Crippen molar-refractivity contribution in [2.75, 3.05) is 26.2 Å². The van der Waals surface area contributed by atoms with Crippen LogP contribution in [0.15, 0.2) is 53.4 Å². The van der Waals surface area contributed by atoms with Crippen LogP contribution in [0.4, 0.5) is 0 Å². The lowest BCUT2D eigenvalue weighted by Crippen LogP contribution is -2.36. The van der Waals surface area contributed by atoms with Crippen LogP contribution in [0.2, 0.25) is 0 Å². The number of esters is 1. The Hall–Kier alpha value is -2.71. The molecule has 2 aromatic carbocycles. The van der Waals surface area contributed by atoms with Gasteiger partial charge in [0.1, 0.15) is 0 Å². The Bertz CT molecular complexity index is 1050. The van der Waals surface area contributed by atoms with Crippen molar-refractivity contribution < 1.29 is 22.7 Å². The first-order valence-electron chi connectivity index (χ1n) is 10.9. The first kappa shape index (κ1) is 23.9. The lowest BCUT2D eigenvalue weighted by Gasteiger charge is -2.26. The second kappa shape index (κ2) is 10.7. The fourth-order valence-corrected chi connectivity index (χ4v) is 5.50. The normalized spacial score (nSPS) is 14.7. The van der Waals surface area contributed by atoms with Gasteiger partial charge in [-0.25, -0.2) is 13.2 Å². The number of carbonyl (C=O) groups is 2. The molecule has 3 rings (SSSR count). The summed E-state index contributed by atoms with van der Waals surface area (Å²) in [6, 6.07) is 14.1. The number of piperidine rings is 1. The molecule has 1 amide bonds. The molecule has 8 heteroatoms. The fraction of sp³-hybridized carbons (Fsp3) is 0.417. The van der Waals surface area contributed by atoms with Gasteiger partial charge in [0.25, 0.3) is 5.91 Å². The molecular weight excluding hydrogens is 428 g/mol. The van der Waals surface area contributed by atoms with Crippen LogP contribution in [0.25, 0.3) is 0 Å². The summed E-state index contributed by atoms with van der Waals surface area (Å²) in [6.45, 7) is 5.04. The molecule has 172 valence electrons. The number of rotatable bonds is 8. The van der Waals surface area contributed by atoms with Crippen molar-refractivity contribution in [2.45, 2.75) is 44.6 Å². The SMILES string of the molecule is CCN(Cc1ccccc1)C(=O)COC(=O)c1ccc(C)c(S(=O)(=O)N2CCCCC2)c1. The van der Waals surface area contributed by atoms with E-state index in [1.54, 1.807) is 17.9 Å². The van der Waals surface area contributed by atoms with Crippen LogP contribution >= 0.6 is 0 Å². The van der Waals surface area contributed by atoms with Crippen molar-refractivity contribution in [1.82, 2.24) is 9.21 Å². The highest BCUT2D eigenvalue weighted by atomic mass is 32.2. The summed E-state index contributed by atoms with van der Waals surface area (Å²) in [7, 11) is -3.68. The Labute approximate surface area is 190 Å². The number of amides is 1. The van der Waals surface area contributed by atoms with Crippen molar-refractivity contribution in [2.24, 2.45) is 0 Å². The van der Waals surface area contributed by atoms with Crippen LogP contribution in [0.3, 0.4) is 0 Å². The number of hydrogen-bond acceptors (Lipinski definition) is 5. The highest BCUT2D eigenvalue weighted by Gasteiger charge is 2.28. The van der Waals surface area contributed by atoms with E-state index >= 15 is 0 Å². The molecule has 2 aromatic rings. The van der Waals surface area contributed by atoms with E-state index < -0.39 is 22.6 Å². The molecule has 0 aromatic heterocycles. The van der Waals surface area contributed by atoms with Crippen molar-refractivity contribution >= 4 is 21.9 Å². The molecule has 0 N–H and O–H groups in total. The number of benzene rings is 2. The highest BCUT2D eigenvalue weighted by molar-refractivity contribution is 7.89. The highest BCUT2D eigenvalue weighted by Crippen LogP contribution is 2.24. The van der Waals surface area contributed by atoms with Gasteiger partial charge in [-0.05, 0) is 49.9 Å². The van der Waals surface area contributed by atoms with Gasteiger partial charge in [-0.1, -0.05) is 42.8 Å². The molecule has 1 saturated heterocycles. The van der Waals surface area contributed by atoms with E-state index in [9.17, 15) is 18.0 Å². The predicted octanol–water partition coefficient (Wildman–Crippen LogP) is 3.38. The second-order valence-corrected chi connectivity index (χ2v) is 9.82. The number of ether oxygens (including phenoxy) is 1. The number of likely N-dealkylation sites (N-methyl/N-ethyl adjacent to an activating group) is 1. The molecule has 0 aliphatic carbocycles.